The summed E-state index contributed by atoms with van der Waals surface area (Å²) in [5, 5.41) is 13.9. The van der Waals surface area contributed by atoms with Crippen LogP contribution in [-0.4, -0.2) is 21.3 Å². The molecule has 0 saturated heterocycles. The number of Topliss-reactive ketones (excluding diaryl/α,β-unsaturated/α-hetero) is 1. The predicted molar refractivity (Wildman–Crippen MR) is 112 cm³/mol. The zero-order chi connectivity index (χ0) is 20.4. The van der Waals surface area contributed by atoms with Crippen LogP contribution in [0.1, 0.15) is 29.2 Å². The topological polar surface area (TPSA) is 89.8 Å². The van der Waals surface area contributed by atoms with E-state index in [4.69, 9.17) is 4.42 Å². The minimum absolute atomic E-state index is 0.156. The van der Waals surface area contributed by atoms with Crippen LogP contribution in [0, 0.1) is 0 Å². The molecule has 29 heavy (non-hydrogen) atoms. The molecule has 0 amide bonds. The van der Waals surface area contributed by atoms with E-state index in [-0.39, 0.29) is 5.78 Å². The summed E-state index contributed by atoms with van der Waals surface area (Å²) in [5.41, 5.74) is 1.52. The first-order valence-electron chi connectivity index (χ1n) is 8.81. The molecule has 0 atom stereocenters. The molecule has 144 valence electrons. The Balaban J connectivity index is 1.82. The van der Waals surface area contributed by atoms with Gasteiger partial charge in [-0.3, -0.25) is 4.79 Å². The Morgan fingerprint density at radius 2 is 1.79 bits per heavy atom. The number of fused-ring (bicyclic) bond motifs is 1. The van der Waals surface area contributed by atoms with Crippen molar-refractivity contribution in [2.24, 2.45) is 10.2 Å². The third kappa shape index (κ3) is 3.83. The highest BCUT2D eigenvalue weighted by Gasteiger charge is 2.11. The third-order valence-electron chi connectivity index (χ3n) is 4.18. The van der Waals surface area contributed by atoms with E-state index in [2.05, 4.69) is 15.3 Å². The van der Waals surface area contributed by atoms with Gasteiger partial charge in [-0.05, 0) is 31.2 Å². The van der Waals surface area contributed by atoms with Crippen LogP contribution >= 0.6 is 11.3 Å². The largest absolute Gasteiger partial charge is 0.422 e. The molecular formula is C21H16N4O3S. The zero-order valence-electron chi connectivity index (χ0n) is 15.7. The first-order valence-corrected chi connectivity index (χ1v) is 9.62. The number of para-hydroxylation sites is 2. The fourth-order valence-electron chi connectivity index (χ4n) is 2.71. The molecule has 0 aliphatic heterocycles. The number of carbonyl (C=O) groups is 1. The molecule has 2 aromatic heterocycles. The molecular weight excluding hydrogens is 388 g/mol. The zero-order valence-corrected chi connectivity index (χ0v) is 16.5. The average molecular weight is 404 g/mol. The van der Waals surface area contributed by atoms with E-state index < -0.39 is 5.63 Å². The Labute approximate surface area is 169 Å². The smallest absolute Gasteiger partial charge is 0.345 e. The van der Waals surface area contributed by atoms with Crippen molar-refractivity contribution in [1.82, 2.24) is 9.78 Å². The first-order chi connectivity index (χ1) is 14.0. The fourth-order valence-corrected chi connectivity index (χ4v) is 3.47. The summed E-state index contributed by atoms with van der Waals surface area (Å²) in [5.74, 6) is -0.156. The molecule has 4 rings (SSSR count). The normalized spacial score (nSPS) is 12.5. The maximum absolute atomic E-state index is 12.3. The van der Waals surface area contributed by atoms with Crippen molar-refractivity contribution >= 4 is 33.8 Å². The maximum Gasteiger partial charge on any atom is 0.345 e. The molecule has 8 heteroatoms. The van der Waals surface area contributed by atoms with Crippen molar-refractivity contribution in [2.45, 2.75) is 13.8 Å². The highest BCUT2D eigenvalue weighted by molar-refractivity contribution is 7.10. The Kier molecular flexibility index (Phi) is 5.01. The maximum atomic E-state index is 12.3. The van der Waals surface area contributed by atoms with E-state index >= 15 is 0 Å². The number of nitrogens with zero attached hydrogens (tertiary/aromatic N) is 4. The third-order valence-corrected chi connectivity index (χ3v) is 5.18. The van der Waals surface area contributed by atoms with Gasteiger partial charge in [-0.25, -0.2) is 9.48 Å². The summed E-state index contributed by atoms with van der Waals surface area (Å²) < 4.78 is 6.91. The average Bonchev–Trinajstić information content (AvgIpc) is 3.17. The van der Waals surface area contributed by atoms with Crippen molar-refractivity contribution < 1.29 is 9.21 Å². The molecule has 0 bridgehead atoms. The molecule has 0 spiro atoms. The van der Waals surface area contributed by atoms with Gasteiger partial charge >= 0.3 is 5.63 Å². The summed E-state index contributed by atoms with van der Waals surface area (Å²) in [6.45, 7) is 3.14. The second-order valence-corrected chi connectivity index (χ2v) is 7.22. The lowest BCUT2D eigenvalue weighted by Gasteiger charge is -2.01. The second-order valence-electron chi connectivity index (χ2n) is 6.26. The molecule has 2 heterocycles. The standard InChI is InChI=1S/C21H16N4O3S/c1-13(17-12-15-8-6-7-11-18(15)28-20(17)27)22-23-21-25(16-9-4-3-5-10-16)24-19(29-21)14(2)26/h3-12H,1-2H3/b22-13+,23-21-. The van der Waals surface area contributed by atoms with Crippen LogP contribution in [0.25, 0.3) is 16.7 Å². The van der Waals surface area contributed by atoms with Gasteiger partial charge in [0.15, 0.2) is 10.8 Å². The van der Waals surface area contributed by atoms with E-state index in [1.54, 1.807) is 29.8 Å². The monoisotopic (exact) mass is 404 g/mol. The Hall–Kier alpha value is -3.65. The summed E-state index contributed by atoms with van der Waals surface area (Å²) in [4.78, 5) is 24.5. The Morgan fingerprint density at radius 1 is 1.07 bits per heavy atom. The SMILES string of the molecule is CC(=O)c1nn(-c2ccccc2)/c(=N/N=C(\C)c2cc3ccccc3oc2=O)s1. The van der Waals surface area contributed by atoms with Gasteiger partial charge in [-0.15, -0.1) is 5.10 Å². The van der Waals surface area contributed by atoms with Gasteiger partial charge in [-0.2, -0.15) is 10.2 Å². The minimum atomic E-state index is -0.482. The molecule has 4 aromatic rings. The lowest BCUT2D eigenvalue weighted by molar-refractivity contribution is 0.101. The van der Waals surface area contributed by atoms with Crippen molar-refractivity contribution in [2.75, 3.05) is 0 Å². The number of hydrogen-bond acceptors (Lipinski definition) is 7. The van der Waals surface area contributed by atoms with Crippen LogP contribution in [0.2, 0.25) is 0 Å². The van der Waals surface area contributed by atoms with Gasteiger partial charge in [0.25, 0.3) is 0 Å². The van der Waals surface area contributed by atoms with E-state index in [1.807, 2.05) is 42.5 Å². The number of ketones is 1. The number of hydrogen-bond donors (Lipinski definition) is 0. The van der Waals surface area contributed by atoms with Crippen molar-refractivity contribution in [3.63, 3.8) is 0 Å². The molecule has 0 fully saturated rings. The van der Waals surface area contributed by atoms with Crippen LogP contribution in [0.3, 0.4) is 0 Å². The lowest BCUT2D eigenvalue weighted by Crippen LogP contribution is -2.15. The summed E-state index contributed by atoms with van der Waals surface area (Å²) in [6.07, 6.45) is 0. The van der Waals surface area contributed by atoms with Crippen molar-refractivity contribution in [1.29, 1.82) is 0 Å². The van der Waals surface area contributed by atoms with Crippen LogP contribution in [-0.2, 0) is 0 Å². The Bertz CT molecular complexity index is 1360. The molecule has 0 radical (unpaired) electrons. The van der Waals surface area contributed by atoms with E-state index in [1.165, 1.54) is 6.92 Å². The van der Waals surface area contributed by atoms with E-state index in [0.29, 0.717) is 26.7 Å². The van der Waals surface area contributed by atoms with Gasteiger partial charge in [0.1, 0.15) is 5.58 Å². The molecule has 0 N–H and O–H groups in total. The van der Waals surface area contributed by atoms with Gasteiger partial charge in [0.2, 0.25) is 4.80 Å². The van der Waals surface area contributed by atoms with Crippen LogP contribution in [0.15, 0.2) is 80.1 Å². The van der Waals surface area contributed by atoms with Crippen LogP contribution in [0.5, 0.6) is 0 Å². The molecule has 0 aliphatic carbocycles. The number of rotatable bonds is 4. The Morgan fingerprint density at radius 3 is 2.55 bits per heavy atom. The van der Waals surface area contributed by atoms with Gasteiger partial charge in [-0.1, -0.05) is 47.7 Å². The highest BCUT2D eigenvalue weighted by atomic mass is 32.1. The summed E-state index contributed by atoms with van der Waals surface area (Å²) in [6, 6.07) is 18.3. The van der Waals surface area contributed by atoms with Crippen molar-refractivity contribution in [3.8, 4) is 5.69 Å². The summed E-state index contributed by atoms with van der Waals surface area (Å²) >= 11 is 1.13. The van der Waals surface area contributed by atoms with Crippen molar-refractivity contribution in [3.05, 3.63) is 86.5 Å². The predicted octanol–water partition coefficient (Wildman–Crippen LogP) is 3.57. The minimum Gasteiger partial charge on any atom is -0.422 e. The highest BCUT2D eigenvalue weighted by Crippen LogP contribution is 2.13. The second kappa shape index (κ2) is 7.76. The quantitative estimate of drug-likeness (QED) is 0.225. The number of carbonyl (C=O) groups excluding carboxylic acids is 1. The molecule has 7 nitrogen and oxygen atoms in total. The molecule has 2 aromatic carbocycles. The van der Waals surface area contributed by atoms with Crippen LogP contribution < -0.4 is 10.4 Å². The summed E-state index contributed by atoms with van der Waals surface area (Å²) in [7, 11) is 0. The lowest BCUT2D eigenvalue weighted by atomic mass is 10.1. The molecule has 0 aliphatic rings. The van der Waals surface area contributed by atoms with Gasteiger partial charge in [0.05, 0.1) is 17.0 Å². The van der Waals surface area contributed by atoms with Gasteiger partial charge < -0.3 is 4.42 Å². The first kappa shape index (κ1) is 18.7. The molecule has 0 saturated carbocycles. The van der Waals surface area contributed by atoms with E-state index in [9.17, 15) is 9.59 Å². The number of aromatic nitrogens is 2. The van der Waals surface area contributed by atoms with E-state index in [0.717, 1.165) is 22.4 Å². The molecule has 0 unspecified atom stereocenters. The fraction of sp³-hybridized carbons (Fsp3) is 0.0952. The van der Waals surface area contributed by atoms with Gasteiger partial charge in [0, 0.05) is 12.3 Å². The number of benzene rings is 2. The van der Waals surface area contributed by atoms with Crippen LogP contribution in [0.4, 0.5) is 0 Å².